The molecule has 3 aliphatic rings. The second kappa shape index (κ2) is 6.29. The van der Waals surface area contributed by atoms with Gasteiger partial charge in [-0.25, -0.2) is 0 Å². The van der Waals surface area contributed by atoms with E-state index in [0.717, 1.165) is 18.9 Å². The highest BCUT2D eigenvalue weighted by molar-refractivity contribution is 8.93. The lowest BCUT2D eigenvalue weighted by Gasteiger charge is -2.26. The molecule has 24 heavy (non-hydrogen) atoms. The number of fused-ring (bicyclic) bond motifs is 2. The minimum Gasteiger partial charge on any atom is -0.356 e. The van der Waals surface area contributed by atoms with Crippen molar-refractivity contribution in [2.24, 2.45) is 5.92 Å². The van der Waals surface area contributed by atoms with Gasteiger partial charge in [0.2, 0.25) is 0 Å². The van der Waals surface area contributed by atoms with Crippen molar-refractivity contribution in [2.75, 3.05) is 19.6 Å². The number of ether oxygens (including phenoxy) is 1. The van der Waals surface area contributed by atoms with Crippen LogP contribution in [0.1, 0.15) is 42.1 Å². The second-order valence-electron chi connectivity index (χ2n) is 7.42. The first kappa shape index (κ1) is 16.3. The zero-order chi connectivity index (χ0) is 15.3. The average molecular weight is 386 g/mol. The molecule has 2 nitrogen and oxygen atoms in total. The number of nitrogens with zero attached hydrogens (tertiary/aromatic N) is 1. The van der Waals surface area contributed by atoms with E-state index >= 15 is 0 Å². The molecule has 0 bridgehead atoms. The Labute approximate surface area is 154 Å². The van der Waals surface area contributed by atoms with E-state index in [1.165, 1.54) is 42.6 Å². The number of likely N-dealkylation sites (tertiary alicyclic amines) is 1. The summed E-state index contributed by atoms with van der Waals surface area (Å²) in [7, 11) is 0. The van der Waals surface area contributed by atoms with Crippen molar-refractivity contribution in [2.45, 2.75) is 31.0 Å². The Morgan fingerprint density at radius 2 is 1.75 bits per heavy atom. The van der Waals surface area contributed by atoms with Crippen molar-refractivity contribution in [3.8, 4) is 0 Å². The van der Waals surface area contributed by atoms with Crippen LogP contribution in [0.5, 0.6) is 0 Å². The normalized spacial score (nSPS) is 28.8. The maximum Gasteiger partial charge on any atom is 0.109 e. The van der Waals surface area contributed by atoms with Crippen molar-refractivity contribution in [3.63, 3.8) is 0 Å². The summed E-state index contributed by atoms with van der Waals surface area (Å²) in [6.45, 7) is 3.50. The van der Waals surface area contributed by atoms with Crippen LogP contribution >= 0.6 is 17.0 Å². The molecule has 0 N–H and O–H groups in total. The molecule has 1 aliphatic carbocycles. The lowest BCUT2D eigenvalue weighted by Crippen LogP contribution is -2.32. The molecule has 2 aromatic carbocycles. The lowest BCUT2D eigenvalue weighted by molar-refractivity contribution is -0.0532. The van der Waals surface area contributed by atoms with Gasteiger partial charge in [-0.3, -0.25) is 4.90 Å². The van der Waals surface area contributed by atoms with Crippen molar-refractivity contribution < 1.29 is 4.74 Å². The summed E-state index contributed by atoms with van der Waals surface area (Å²) in [6.07, 6.45) is 4.06. The predicted molar refractivity (Wildman–Crippen MR) is 102 cm³/mol. The quantitative estimate of drug-likeness (QED) is 0.759. The third-order valence-corrected chi connectivity index (χ3v) is 5.70. The highest BCUT2D eigenvalue weighted by atomic mass is 79.9. The van der Waals surface area contributed by atoms with Crippen LogP contribution in [0.3, 0.4) is 0 Å². The summed E-state index contributed by atoms with van der Waals surface area (Å²) in [4.78, 5) is 2.63. The lowest BCUT2D eigenvalue weighted by atomic mass is 9.90. The van der Waals surface area contributed by atoms with Crippen molar-refractivity contribution in [1.29, 1.82) is 0 Å². The molecule has 1 saturated carbocycles. The number of benzene rings is 2. The van der Waals surface area contributed by atoms with Gasteiger partial charge in [0.05, 0.1) is 0 Å². The fourth-order valence-corrected chi connectivity index (χ4v) is 4.36. The number of hydrogen-bond donors (Lipinski definition) is 0. The topological polar surface area (TPSA) is 12.5 Å². The van der Waals surface area contributed by atoms with E-state index in [-0.39, 0.29) is 28.7 Å². The maximum absolute atomic E-state index is 6.76. The fourth-order valence-electron chi connectivity index (χ4n) is 4.36. The summed E-state index contributed by atoms with van der Waals surface area (Å²) in [5.74, 6) is 0.951. The Bertz CT molecular complexity index is 715. The molecule has 2 aliphatic heterocycles. The minimum atomic E-state index is -0.0913. The van der Waals surface area contributed by atoms with E-state index in [4.69, 9.17) is 4.74 Å². The molecular formula is C21H24BrNO. The second-order valence-corrected chi connectivity index (χ2v) is 7.42. The van der Waals surface area contributed by atoms with Gasteiger partial charge in [-0.1, -0.05) is 54.6 Å². The van der Waals surface area contributed by atoms with E-state index in [0.29, 0.717) is 0 Å². The molecule has 0 amide bonds. The highest BCUT2D eigenvalue weighted by Gasteiger charge is 2.49. The molecule has 5 rings (SSSR count). The summed E-state index contributed by atoms with van der Waals surface area (Å²) >= 11 is 0. The van der Waals surface area contributed by atoms with E-state index in [1.807, 2.05) is 0 Å². The zero-order valence-corrected chi connectivity index (χ0v) is 15.6. The third kappa shape index (κ3) is 2.73. The molecule has 1 spiro atoms. The largest absolute Gasteiger partial charge is 0.356 e. The Morgan fingerprint density at radius 1 is 1.00 bits per heavy atom. The van der Waals surface area contributed by atoms with Gasteiger partial charge in [-0.05, 0) is 41.9 Å². The molecule has 1 saturated heterocycles. The van der Waals surface area contributed by atoms with E-state index in [9.17, 15) is 0 Å². The number of hydrogen-bond acceptors (Lipinski definition) is 2. The molecule has 126 valence electrons. The van der Waals surface area contributed by atoms with Gasteiger partial charge >= 0.3 is 0 Å². The number of rotatable bonds is 3. The molecule has 2 fully saturated rings. The van der Waals surface area contributed by atoms with Crippen LogP contribution < -0.4 is 0 Å². The summed E-state index contributed by atoms with van der Waals surface area (Å²) in [5.41, 5.74) is 3.98. The van der Waals surface area contributed by atoms with Gasteiger partial charge in [0.1, 0.15) is 11.7 Å². The van der Waals surface area contributed by atoms with E-state index in [1.54, 1.807) is 0 Å². The van der Waals surface area contributed by atoms with Crippen LogP contribution in [0.15, 0.2) is 54.6 Å². The Morgan fingerprint density at radius 3 is 2.54 bits per heavy atom. The van der Waals surface area contributed by atoms with Gasteiger partial charge in [0.25, 0.3) is 0 Å². The molecule has 0 radical (unpaired) electrons. The first-order valence-electron chi connectivity index (χ1n) is 8.89. The number of halogens is 1. The van der Waals surface area contributed by atoms with Gasteiger partial charge in [-0.2, -0.15) is 0 Å². The summed E-state index contributed by atoms with van der Waals surface area (Å²) in [6, 6.07) is 19.5. The van der Waals surface area contributed by atoms with Crippen LogP contribution in [-0.2, 0) is 10.3 Å². The standard InChI is InChI=1S/C21H23NO.BrH/c1-2-6-17(7-3-1)20-18-8-4-5-9-19(18)21(23-20)12-13-22(15-21)14-16-10-11-16;/h1-9,16,20H,10-15H2;1H. The summed E-state index contributed by atoms with van der Waals surface area (Å²) < 4.78 is 6.76. The average Bonchev–Trinajstić information content (AvgIpc) is 3.24. The first-order chi connectivity index (χ1) is 11.3. The molecular weight excluding hydrogens is 362 g/mol. The SMILES string of the molecule is Br.c1ccc(C2OC3(CCN(CC4CC4)C3)c3ccccc32)cc1. The van der Waals surface area contributed by atoms with Gasteiger partial charge in [-0.15, -0.1) is 17.0 Å². The van der Waals surface area contributed by atoms with Crippen LogP contribution in [0.25, 0.3) is 0 Å². The molecule has 2 heterocycles. The highest BCUT2D eigenvalue weighted by Crippen LogP contribution is 2.51. The zero-order valence-electron chi connectivity index (χ0n) is 13.9. The fraction of sp³-hybridized carbons (Fsp3) is 0.429. The first-order valence-corrected chi connectivity index (χ1v) is 8.89. The molecule has 2 unspecified atom stereocenters. The van der Waals surface area contributed by atoms with Crippen molar-refractivity contribution >= 4 is 17.0 Å². The van der Waals surface area contributed by atoms with E-state index < -0.39 is 0 Å². The monoisotopic (exact) mass is 385 g/mol. The maximum atomic E-state index is 6.76. The molecule has 3 heteroatoms. The van der Waals surface area contributed by atoms with Gasteiger partial charge in [0.15, 0.2) is 0 Å². The smallest absolute Gasteiger partial charge is 0.109 e. The van der Waals surface area contributed by atoms with Crippen LogP contribution in [0.4, 0.5) is 0 Å². The Balaban J connectivity index is 0.00000146. The van der Waals surface area contributed by atoms with Crippen LogP contribution in [0.2, 0.25) is 0 Å². The van der Waals surface area contributed by atoms with Crippen molar-refractivity contribution in [3.05, 3.63) is 71.3 Å². The molecule has 0 aromatic heterocycles. The molecule has 2 atom stereocenters. The van der Waals surface area contributed by atoms with E-state index in [2.05, 4.69) is 59.5 Å². The van der Waals surface area contributed by atoms with Crippen LogP contribution in [-0.4, -0.2) is 24.5 Å². The van der Waals surface area contributed by atoms with Crippen molar-refractivity contribution in [1.82, 2.24) is 4.90 Å². The summed E-state index contributed by atoms with van der Waals surface area (Å²) in [5, 5.41) is 0. The Hall–Kier alpha value is -1.16. The minimum absolute atomic E-state index is 0. The molecule has 2 aromatic rings. The van der Waals surface area contributed by atoms with Gasteiger partial charge in [0, 0.05) is 19.6 Å². The van der Waals surface area contributed by atoms with Crippen LogP contribution in [0, 0.1) is 5.92 Å². The Kier molecular flexibility index (Phi) is 4.27. The predicted octanol–water partition coefficient (Wildman–Crippen LogP) is 4.70. The third-order valence-electron chi connectivity index (χ3n) is 5.70. The van der Waals surface area contributed by atoms with Gasteiger partial charge < -0.3 is 4.74 Å².